The number of halogens is 6. The molecule has 0 fully saturated rings. The van der Waals surface area contributed by atoms with E-state index in [-0.39, 0.29) is 12.6 Å². The fourth-order valence-electron chi connectivity index (χ4n) is 2.04. The number of nitrogens with zero attached hydrogens (tertiary/aromatic N) is 1. The molecule has 0 aromatic rings. The number of rotatable bonds is 11. The predicted molar refractivity (Wildman–Crippen MR) is 87.5 cm³/mol. The van der Waals surface area contributed by atoms with Gasteiger partial charge in [-0.15, -0.1) is 0 Å². The molecule has 0 rings (SSSR count). The summed E-state index contributed by atoms with van der Waals surface area (Å²) in [6.45, 7) is 3.12. The Balaban J connectivity index is 5.65. The second-order valence-electron chi connectivity index (χ2n) is 5.39. The first kappa shape index (κ1) is 25.9. The van der Waals surface area contributed by atoms with E-state index >= 15 is 0 Å². The number of sulfonamides is 2. The second-order valence-corrected chi connectivity index (χ2v) is 12.2. The van der Waals surface area contributed by atoms with Crippen LogP contribution in [0.4, 0.5) is 26.3 Å². The molecule has 26 heavy (non-hydrogen) atoms. The topological polar surface area (TPSA) is 71.5 Å². The van der Waals surface area contributed by atoms with E-state index in [2.05, 4.69) is 0 Å². The van der Waals surface area contributed by atoms with Gasteiger partial charge < -0.3 is 0 Å². The standard InChI is InChI=1S/C12H22F6NO4PS2/c1-3-5-6-7-8-9-10-24(4-2)19(25(20,21)11(13,14)15)26(22,23)12(16,17)18/h3-10H2,1-2H3. The lowest BCUT2D eigenvalue weighted by molar-refractivity contribution is -0.0505. The minimum atomic E-state index is -6.69. The lowest BCUT2D eigenvalue weighted by Crippen LogP contribution is -2.46. The van der Waals surface area contributed by atoms with Crippen molar-refractivity contribution in [3.63, 3.8) is 0 Å². The van der Waals surface area contributed by atoms with Gasteiger partial charge in [0.2, 0.25) is 0 Å². The van der Waals surface area contributed by atoms with Gasteiger partial charge in [0, 0.05) is 0 Å². The van der Waals surface area contributed by atoms with Crippen LogP contribution in [-0.2, 0) is 20.0 Å². The molecule has 1 atom stereocenters. The Bertz CT molecular complexity index is 589. The van der Waals surface area contributed by atoms with Crippen molar-refractivity contribution < 1.29 is 43.2 Å². The number of unbranched alkanes of at least 4 members (excludes halogenated alkanes) is 5. The van der Waals surface area contributed by atoms with Crippen molar-refractivity contribution in [1.29, 1.82) is 0 Å². The van der Waals surface area contributed by atoms with E-state index in [4.69, 9.17) is 0 Å². The molecule has 5 nitrogen and oxygen atoms in total. The van der Waals surface area contributed by atoms with Gasteiger partial charge in [-0.2, -0.15) is 26.3 Å². The van der Waals surface area contributed by atoms with Crippen LogP contribution < -0.4 is 0 Å². The zero-order chi connectivity index (χ0) is 20.8. The van der Waals surface area contributed by atoms with Crippen LogP contribution in [-0.4, -0.2) is 43.7 Å². The van der Waals surface area contributed by atoms with Crippen molar-refractivity contribution in [2.75, 3.05) is 12.3 Å². The van der Waals surface area contributed by atoms with Crippen LogP contribution in [0.3, 0.4) is 0 Å². The first-order chi connectivity index (χ1) is 11.6. The summed E-state index contributed by atoms with van der Waals surface area (Å²) in [6.07, 6.45) is 3.15. The molecule has 0 radical (unpaired) electrons. The molecular formula is C12H22F6NO4PS2. The molecule has 0 saturated carbocycles. The highest BCUT2D eigenvalue weighted by molar-refractivity contribution is 8.11. The van der Waals surface area contributed by atoms with E-state index < -0.39 is 48.8 Å². The average Bonchev–Trinajstić information content (AvgIpc) is 2.46. The second kappa shape index (κ2) is 9.88. The van der Waals surface area contributed by atoms with Crippen LogP contribution in [0.1, 0.15) is 52.4 Å². The molecule has 0 aliphatic rings. The fourth-order valence-corrected chi connectivity index (χ4v) is 9.40. The van der Waals surface area contributed by atoms with Gasteiger partial charge in [-0.1, -0.05) is 49.4 Å². The highest BCUT2D eigenvalue weighted by Crippen LogP contribution is 2.51. The first-order valence-electron chi connectivity index (χ1n) is 7.82. The third-order valence-corrected chi connectivity index (χ3v) is 11.2. The van der Waals surface area contributed by atoms with Gasteiger partial charge in [0.05, 0.1) is 0 Å². The summed E-state index contributed by atoms with van der Waals surface area (Å²) in [5.74, 6) is 0. The monoisotopic (exact) mass is 453 g/mol. The Hall–Kier alpha value is -0.130. The fraction of sp³-hybridized carbons (Fsp3) is 1.00. The lowest BCUT2D eigenvalue weighted by Gasteiger charge is -2.30. The van der Waals surface area contributed by atoms with E-state index in [9.17, 15) is 43.2 Å². The Kier molecular flexibility index (Phi) is 9.83. The Labute approximate surface area is 151 Å². The number of hydrogen-bond acceptors (Lipinski definition) is 4. The summed E-state index contributed by atoms with van der Waals surface area (Å²) >= 11 is 0. The Morgan fingerprint density at radius 1 is 0.731 bits per heavy atom. The molecular weight excluding hydrogens is 431 g/mol. The maximum Gasteiger partial charge on any atom is 0.512 e. The van der Waals surface area contributed by atoms with Crippen molar-refractivity contribution in [3.8, 4) is 0 Å². The Morgan fingerprint density at radius 2 is 1.12 bits per heavy atom. The Morgan fingerprint density at radius 3 is 1.46 bits per heavy atom. The van der Waals surface area contributed by atoms with Crippen molar-refractivity contribution in [2.45, 2.75) is 63.4 Å². The SMILES string of the molecule is CCCCCCCCP(CC)N(S(=O)(=O)C(F)(F)F)S(=O)(=O)C(F)(F)F. The molecule has 0 saturated heterocycles. The third kappa shape index (κ3) is 6.49. The maximum atomic E-state index is 12.8. The first-order valence-corrected chi connectivity index (χ1v) is 12.4. The van der Waals surface area contributed by atoms with Crippen molar-refractivity contribution in [2.24, 2.45) is 0 Å². The van der Waals surface area contributed by atoms with Crippen LogP contribution in [0.15, 0.2) is 0 Å². The molecule has 0 bridgehead atoms. The van der Waals surface area contributed by atoms with Gasteiger partial charge in [-0.25, -0.2) is 16.8 Å². The highest BCUT2D eigenvalue weighted by Gasteiger charge is 2.63. The van der Waals surface area contributed by atoms with Gasteiger partial charge in [0.25, 0.3) is 0 Å². The lowest BCUT2D eigenvalue weighted by atomic mass is 10.1. The molecule has 0 aliphatic heterocycles. The van der Waals surface area contributed by atoms with Crippen LogP contribution in [0.5, 0.6) is 0 Å². The molecule has 158 valence electrons. The molecule has 0 aromatic heterocycles. The van der Waals surface area contributed by atoms with Gasteiger partial charge >= 0.3 is 31.1 Å². The summed E-state index contributed by atoms with van der Waals surface area (Å²) in [6, 6.07) is 0. The van der Waals surface area contributed by atoms with E-state index in [1.807, 2.05) is 6.92 Å². The van der Waals surface area contributed by atoms with Gasteiger partial charge in [0.15, 0.2) is 0 Å². The van der Waals surface area contributed by atoms with E-state index in [0.717, 1.165) is 26.2 Å². The smallest absolute Gasteiger partial charge is 0.201 e. The molecule has 1 unspecified atom stereocenters. The van der Waals surface area contributed by atoms with Crippen molar-refractivity contribution >= 4 is 28.1 Å². The molecule has 0 aromatic carbocycles. The van der Waals surface area contributed by atoms with Crippen LogP contribution in [0, 0.1) is 0 Å². The minimum absolute atomic E-state index is 0.139. The maximum absolute atomic E-state index is 12.8. The summed E-state index contributed by atoms with van der Waals surface area (Å²) in [4.78, 5) is 0. The van der Waals surface area contributed by atoms with E-state index in [1.54, 1.807) is 0 Å². The normalized spacial score (nSPS) is 15.4. The molecule has 0 N–H and O–H groups in total. The summed E-state index contributed by atoms with van der Waals surface area (Å²) in [5, 5.41) is 0. The highest BCUT2D eigenvalue weighted by atomic mass is 32.3. The van der Waals surface area contributed by atoms with Gasteiger partial charge in [-0.3, -0.25) is 0 Å². The van der Waals surface area contributed by atoms with E-state index in [0.29, 0.717) is 12.8 Å². The number of alkyl halides is 6. The van der Waals surface area contributed by atoms with Crippen LogP contribution in [0.2, 0.25) is 0 Å². The summed E-state index contributed by atoms with van der Waals surface area (Å²) in [5.41, 5.74) is -12.3. The zero-order valence-corrected chi connectivity index (χ0v) is 16.8. The average molecular weight is 453 g/mol. The molecule has 0 amide bonds. The van der Waals surface area contributed by atoms with Crippen LogP contribution >= 0.6 is 8.07 Å². The molecule has 0 aliphatic carbocycles. The largest absolute Gasteiger partial charge is 0.512 e. The summed E-state index contributed by atoms with van der Waals surface area (Å²) in [7, 11) is -16.1. The molecule has 0 spiro atoms. The quantitative estimate of drug-likeness (QED) is 0.257. The predicted octanol–water partition coefficient (Wildman–Crippen LogP) is 4.76. The van der Waals surface area contributed by atoms with Gasteiger partial charge in [0.1, 0.15) is 0 Å². The zero-order valence-electron chi connectivity index (χ0n) is 14.3. The third-order valence-electron chi connectivity index (χ3n) is 3.36. The van der Waals surface area contributed by atoms with Gasteiger partial charge in [-0.05, 0) is 26.8 Å². The minimum Gasteiger partial charge on any atom is -0.201 e. The van der Waals surface area contributed by atoms with Crippen molar-refractivity contribution in [3.05, 3.63) is 0 Å². The number of hydrogen-bond donors (Lipinski definition) is 0. The van der Waals surface area contributed by atoms with Crippen LogP contribution in [0.25, 0.3) is 0 Å². The molecule has 0 heterocycles. The molecule has 14 heteroatoms. The summed E-state index contributed by atoms with van der Waals surface area (Å²) < 4.78 is 122. The van der Waals surface area contributed by atoms with E-state index in [1.165, 1.54) is 0 Å². The van der Waals surface area contributed by atoms with Crippen molar-refractivity contribution in [1.82, 2.24) is 3.48 Å².